The van der Waals surface area contributed by atoms with Gasteiger partial charge in [-0.05, 0) is 35.7 Å². The molecule has 0 unspecified atom stereocenters. The van der Waals surface area contributed by atoms with Crippen LogP contribution in [0.4, 0.5) is 23.4 Å². The van der Waals surface area contributed by atoms with Gasteiger partial charge in [0.15, 0.2) is 0 Å². The number of nitrogens with one attached hydrogen (secondary N) is 1. The van der Waals surface area contributed by atoms with E-state index in [-0.39, 0.29) is 11.1 Å². The number of benzene rings is 2. The van der Waals surface area contributed by atoms with Crippen molar-refractivity contribution in [3.8, 4) is 0 Å². The molecule has 1 amide bonds. The maximum absolute atomic E-state index is 13.9. The van der Waals surface area contributed by atoms with Crippen molar-refractivity contribution in [2.45, 2.75) is 19.1 Å². The van der Waals surface area contributed by atoms with Crippen molar-refractivity contribution in [2.24, 2.45) is 11.7 Å². The molecule has 1 fully saturated rings. The lowest BCUT2D eigenvalue weighted by Crippen LogP contribution is -2.47. The Morgan fingerprint density at radius 2 is 2.00 bits per heavy atom. The first-order valence-electron chi connectivity index (χ1n) is 10.0. The fraction of sp³-hybridized carbons (Fsp3) is 0.318. The van der Waals surface area contributed by atoms with Crippen LogP contribution in [0.1, 0.15) is 34.5 Å². The summed E-state index contributed by atoms with van der Waals surface area (Å²) in [7, 11) is 0. The summed E-state index contributed by atoms with van der Waals surface area (Å²) in [6.07, 6.45) is -3.56. The van der Waals surface area contributed by atoms with E-state index in [9.17, 15) is 22.4 Å². The van der Waals surface area contributed by atoms with E-state index in [4.69, 9.17) is 5.73 Å². The van der Waals surface area contributed by atoms with Crippen molar-refractivity contribution in [3.05, 3.63) is 65.2 Å². The molecular formula is C22H21F4N5O. The molecule has 0 radical (unpaired) electrons. The third kappa shape index (κ3) is 4.36. The molecule has 2 heterocycles. The summed E-state index contributed by atoms with van der Waals surface area (Å²) in [5.74, 6) is -1.14. The Bertz CT molecular complexity index is 1160. The van der Waals surface area contributed by atoms with Crippen LogP contribution in [-0.4, -0.2) is 40.4 Å². The monoisotopic (exact) mass is 447 g/mol. The van der Waals surface area contributed by atoms with Crippen LogP contribution in [0.5, 0.6) is 0 Å². The average molecular weight is 447 g/mol. The lowest BCUT2D eigenvalue weighted by atomic mass is 9.98. The van der Waals surface area contributed by atoms with Gasteiger partial charge in [0.05, 0.1) is 22.7 Å². The lowest BCUT2D eigenvalue weighted by molar-refractivity contribution is -0.140. The molecule has 3 N–H and O–H groups in total. The Hall–Kier alpha value is -3.27. The number of rotatable bonds is 6. The molecular weight excluding hydrogens is 426 g/mol. The van der Waals surface area contributed by atoms with Gasteiger partial charge in [-0.3, -0.25) is 4.79 Å². The highest BCUT2D eigenvalue weighted by molar-refractivity contribution is 6.06. The predicted octanol–water partition coefficient (Wildman–Crippen LogP) is 3.99. The average Bonchev–Trinajstić information content (AvgIpc) is 2.71. The first-order valence-corrected chi connectivity index (χ1v) is 10.0. The van der Waals surface area contributed by atoms with Gasteiger partial charge in [-0.1, -0.05) is 19.1 Å². The molecule has 0 bridgehead atoms. The molecule has 4 rings (SSSR count). The molecule has 3 aromatic rings. The number of primary amides is 1. The Labute approximate surface area is 181 Å². The van der Waals surface area contributed by atoms with Crippen LogP contribution in [0, 0.1) is 11.7 Å². The highest BCUT2D eigenvalue weighted by Gasteiger charge is 2.35. The Morgan fingerprint density at radius 3 is 2.66 bits per heavy atom. The van der Waals surface area contributed by atoms with E-state index in [1.54, 1.807) is 12.1 Å². The number of carbonyl (C=O) groups is 1. The topological polar surface area (TPSA) is 84.1 Å². The van der Waals surface area contributed by atoms with Gasteiger partial charge in [-0.15, -0.1) is 0 Å². The van der Waals surface area contributed by atoms with Gasteiger partial charge in [0, 0.05) is 25.0 Å². The van der Waals surface area contributed by atoms with E-state index in [1.165, 1.54) is 18.5 Å². The molecule has 2 aromatic carbocycles. The summed E-state index contributed by atoms with van der Waals surface area (Å²) in [6.45, 7) is 4.10. The van der Waals surface area contributed by atoms with Crippen LogP contribution in [0.15, 0.2) is 42.7 Å². The number of nitrogens with two attached hydrogens (primary N) is 1. The van der Waals surface area contributed by atoms with Gasteiger partial charge in [-0.25, -0.2) is 14.4 Å². The zero-order valence-electron chi connectivity index (χ0n) is 17.2. The Balaban J connectivity index is 1.74. The van der Waals surface area contributed by atoms with Gasteiger partial charge < -0.3 is 16.0 Å². The number of likely N-dealkylation sites (tertiary alicyclic amines) is 1. The summed E-state index contributed by atoms with van der Waals surface area (Å²) in [4.78, 5) is 22.2. The molecule has 1 aromatic heterocycles. The lowest BCUT2D eigenvalue weighted by Gasteiger charge is -2.39. The van der Waals surface area contributed by atoms with Crippen molar-refractivity contribution >= 4 is 22.6 Å². The minimum Gasteiger partial charge on any atom is -0.366 e. The van der Waals surface area contributed by atoms with Gasteiger partial charge in [0.25, 0.3) is 5.91 Å². The van der Waals surface area contributed by atoms with E-state index in [0.29, 0.717) is 29.2 Å². The van der Waals surface area contributed by atoms with Crippen LogP contribution in [0.3, 0.4) is 0 Å². The first-order chi connectivity index (χ1) is 15.1. The standard InChI is InChI=1S/C22H21F4N5O/c1-12-8-31(9-12)10-18(13-5-6-17(23)16(7-13)22(24,25)26)30-21-15-4-2-3-14(20(27)32)19(15)28-11-29-21/h2-7,11-12,18H,8-10H2,1H3,(H2,27,32)(H,28,29,30)/t18-/m1/s1. The summed E-state index contributed by atoms with van der Waals surface area (Å²) in [5.41, 5.74) is 4.93. The van der Waals surface area contributed by atoms with E-state index in [1.807, 2.05) is 0 Å². The maximum Gasteiger partial charge on any atom is 0.419 e. The van der Waals surface area contributed by atoms with E-state index < -0.39 is 29.5 Å². The van der Waals surface area contributed by atoms with Gasteiger partial charge in [-0.2, -0.15) is 13.2 Å². The van der Waals surface area contributed by atoms with Gasteiger partial charge >= 0.3 is 6.18 Å². The van der Waals surface area contributed by atoms with E-state index in [2.05, 4.69) is 27.1 Å². The largest absolute Gasteiger partial charge is 0.419 e. The maximum atomic E-state index is 13.9. The SMILES string of the molecule is CC1CN(C[C@@H](Nc2ncnc3c(C(N)=O)cccc23)c2ccc(F)c(C(F)(F)F)c2)C1. The zero-order valence-corrected chi connectivity index (χ0v) is 17.2. The first kappa shape index (κ1) is 21.9. The molecule has 1 atom stereocenters. The van der Waals surface area contributed by atoms with E-state index in [0.717, 1.165) is 25.2 Å². The second-order valence-electron chi connectivity index (χ2n) is 8.05. The summed E-state index contributed by atoms with van der Waals surface area (Å²) >= 11 is 0. The third-order valence-corrected chi connectivity index (χ3v) is 5.52. The molecule has 10 heteroatoms. The van der Waals surface area contributed by atoms with Crippen LogP contribution >= 0.6 is 0 Å². The molecule has 0 aliphatic carbocycles. The second kappa shape index (κ2) is 8.34. The van der Waals surface area contributed by atoms with Crippen LogP contribution < -0.4 is 11.1 Å². The van der Waals surface area contributed by atoms with Crippen molar-refractivity contribution in [1.29, 1.82) is 0 Å². The molecule has 32 heavy (non-hydrogen) atoms. The number of anilines is 1. The molecule has 168 valence electrons. The van der Waals surface area contributed by atoms with Crippen LogP contribution in [-0.2, 0) is 6.18 Å². The van der Waals surface area contributed by atoms with Crippen molar-refractivity contribution in [3.63, 3.8) is 0 Å². The fourth-order valence-corrected chi connectivity index (χ4v) is 4.01. The summed E-state index contributed by atoms with van der Waals surface area (Å²) < 4.78 is 53.8. The van der Waals surface area contributed by atoms with Crippen LogP contribution in [0.25, 0.3) is 10.9 Å². The number of para-hydroxylation sites is 1. The smallest absolute Gasteiger partial charge is 0.366 e. The molecule has 0 spiro atoms. The summed E-state index contributed by atoms with van der Waals surface area (Å²) in [6, 6.07) is 7.24. The third-order valence-electron chi connectivity index (χ3n) is 5.52. The number of carbonyl (C=O) groups excluding carboxylic acids is 1. The minimum atomic E-state index is -4.81. The minimum absolute atomic E-state index is 0.210. The number of amides is 1. The number of alkyl halides is 3. The second-order valence-corrected chi connectivity index (χ2v) is 8.05. The molecule has 1 aliphatic rings. The van der Waals surface area contributed by atoms with Gasteiger partial charge in [0.1, 0.15) is 18.0 Å². The Kier molecular flexibility index (Phi) is 5.72. The number of hydrogen-bond donors (Lipinski definition) is 2. The van der Waals surface area contributed by atoms with Gasteiger partial charge in [0.2, 0.25) is 0 Å². The van der Waals surface area contributed by atoms with Crippen molar-refractivity contribution < 1.29 is 22.4 Å². The van der Waals surface area contributed by atoms with Crippen molar-refractivity contribution in [1.82, 2.24) is 14.9 Å². The number of halogens is 4. The molecule has 0 saturated carbocycles. The predicted molar refractivity (Wildman–Crippen MR) is 111 cm³/mol. The zero-order chi connectivity index (χ0) is 23.0. The molecule has 1 aliphatic heterocycles. The number of fused-ring (bicyclic) bond motifs is 1. The summed E-state index contributed by atoms with van der Waals surface area (Å²) in [5, 5.41) is 3.69. The highest BCUT2D eigenvalue weighted by Crippen LogP contribution is 2.35. The quantitative estimate of drug-likeness (QED) is 0.559. The number of nitrogens with zero attached hydrogens (tertiary/aromatic N) is 3. The van der Waals surface area contributed by atoms with Crippen molar-refractivity contribution in [2.75, 3.05) is 25.0 Å². The molecule has 1 saturated heterocycles. The fourth-order valence-electron chi connectivity index (χ4n) is 4.01. The van der Waals surface area contributed by atoms with Crippen LogP contribution in [0.2, 0.25) is 0 Å². The Morgan fingerprint density at radius 1 is 1.25 bits per heavy atom. The van der Waals surface area contributed by atoms with E-state index >= 15 is 0 Å². The normalized spacial score (nSPS) is 16.0. The highest BCUT2D eigenvalue weighted by atomic mass is 19.4. The number of hydrogen-bond acceptors (Lipinski definition) is 5. The molecule has 6 nitrogen and oxygen atoms in total. The number of aromatic nitrogens is 2.